The monoisotopic (exact) mass is 434 g/mol. The van der Waals surface area contributed by atoms with E-state index in [2.05, 4.69) is 9.64 Å². The van der Waals surface area contributed by atoms with Crippen molar-refractivity contribution in [2.24, 2.45) is 5.92 Å². The van der Waals surface area contributed by atoms with Crippen LogP contribution in [0.1, 0.15) is 30.9 Å². The number of ether oxygens (including phenoxy) is 2. The van der Waals surface area contributed by atoms with Crippen LogP contribution in [0.15, 0.2) is 41.2 Å². The minimum absolute atomic E-state index is 0.00927. The molecular weight excluding hydrogens is 409 g/mol. The van der Waals surface area contributed by atoms with Gasteiger partial charge >= 0.3 is 6.36 Å². The molecule has 0 amide bonds. The maximum atomic E-state index is 12.7. The molecule has 5 nitrogen and oxygen atoms in total. The summed E-state index contributed by atoms with van der Waals surface area (Å²) in [6, 6.07) is 9.80. The minimum Gasteiger partial charge on any atom is -0.406 e. The number of benzene rings is 1. The molecule has 5 rings (SSSR count). The van der Waals surface area contributed by atoms with E-state index in [0.717, 1.165) is 62.4 Å². The number of alkyl halides is 3. The van der Waals surface area contributed by atoms with Crippen molar-refractivity contribution >= 4 is 0 Å². The summed E-state index contributed by atoms with van der Waals surface area (Å²) in [5.74, 6) is 0.414. The second-order valence-electron chi connectivity index (χ2n) is 8.75. The third kappa shape index (κ3) is 4.23. The summed E-state index contributed by atoms with van der Waals surface area (Å²) in [6.07, 6.45) is -1.61. The first-order valence-corrected chi connectivity index (χ1v) is 10.8. The van der Waals surface area contributed by atoms with Crippen LogP contribution in [0.4, 0.5) is 13.2 Å². The Balaban J connectivity index is 1.47. The van der Waals surface area contributed by atoms with Gasteiger partial charge in [-0.05, 0) is 48.9 Å². The van der Waals surface area contributed by atoms with Crippen molar-refractivity contribution in [2.45, 2.75) is 44.1 Å². The predicted octanol–water partition coefficient (Wildman–Crippen LogP) is 4.01. The number of aromatic nitrogens is 1. The average molecular weight is 434 g/mol. The Kier molecular flexibility index (Phi) is 5.30. The number of likely N-dealkylation sites (tertiary alicyclic amines) is 1. The molecule has 0 radical (unpaired) electrons. The second kappa shape index (κ2) is 7.98. The predicted molar refractivity (Wildman–Crippen MR) is 109 cm³/mol. The third-order valence-electron chi connectivity index (χ3n) is 6.72. The number of rotatable bonds is 3. The van der Waals surface area contributed by atoms with E-state index in [4.69, 9.17) is 4.74 Å². The van der Waals surface area contributed by atoms with Gasteiger partial charge in [0.1, 0.15) is 5.75 Å². The molecule has 3 aliphatic rings. The van der Waals surface area contributed by atoms with Gasteiger partial charge in [0.15, 0.2) is 0 Å². The van der Waals surface area contributed by atoms with Gasteiger partial charge in [-0.1, -0.05) is 12.1 Å². The van der Waals surface area contributed by atoms with Crippen molar-refractivity contribution in [3.05, 3.63) is 52.4 Å². The van der Waals surface area contributed by atoms with Gasteiger partial charge in [0.25, 0.3) is 5.56 Å². The molecule has 0 spiro atoms. The van der Waals surface area contributed by atoms with Crippen LogP contribution < -0.4 is 10.3 Å². The van der Waals surface area contributed by atoms with E-state index < -0.39 is 6.36 Å². The van der Waals surface area contributed by atoms with Crippen LogP contribution in [0, 0.1) is 5.92 Å². The molecule has 31 heavy (non-hydrogen) atoms. The van der Waals surface area contributed by atoms with E-state index in [1.165, 1.54) is 12.1 Å². The normalized spacial score (nSPS) is 24.6. The summed E-state index contributed by atoms with van der Waals surface area (Å²) >= 11 is 0. The highest BCUT2D eigenvalue weighted by atomic mass is 19.4. The molecule has 2 aromatic rings. The molecular formula is C23H25F3N2O3. The van der Waals surface area contributed by atoms with Gasteiger partial charge in [-0.3, -0.25) is 9.69 Å². The van der Waals surface area contributed by atoms with Crippen molar-refractivity contribution in [3.63, 3.8) is 0 Å². The zero-order chi connectivity index (χ0) is 21.6. The van der Waals surface area contributed by atoms with E-state index in [0.29, 0.717) is 18.5 Å². The molecule has 2 bridgehead atoms. The second-order valence-corrected chi connectivity index (χ2v) is 8.75. The van der Waals surface area contributed by atoms with Gasteiger partial charge < -0.3 is 14.0 Å². The molecule has 1 aromatic carbocycles. The van der Waals surface area contributed by atoms with E-state index >= 15 is 0 Å². The fraction of sp³-hybridized carbons (Fsp3) is 0.522. The number of hydrogen-bond acceptors (Lipinski definition) is 4. The van der Waals surface area contributed by atoms with Crippen molar-refractivity contribution in [1.29, 1.82) is 0 Å². The van der Waals surface area contributed by atoms with E-state index in [-0.39, 0.29) is 17.2 Å². The van der Waals surface area contributed by atoms with Crippen LogP contribution in [-0.2, 0) is 11.3 Å². The highest BCUT2D eigenvalue weighted by Gasteiger charge is 2.38. The van der Waals surface area contributed by atoms with Crippen LogP contribution in [-0.4, -0.2) is 48.2 Å². The lowest BCUT2D eigenvalue weighted by Crippen LogP contribution is -2.51. The zero-order valence-corrected chi connectivity index (χ0v) is 17.1. The van der Waals surface area contributed by atoms with Crippen molar-refractivity contribution in [2.75, 3.05) is 26.3 Å². The van der Waals surface area contributed by atoms with Gasteiger partial charge in [-0.2, -0.15) is 0 Å². The lowest BCUT2D eigenvalue weighted by atomic mass is 9.79. The van der Waals surface area contributed by atoms with E-state index in [1.54, 1.807) is 18.2 Å². The molecule has 2 fully saturated rings. The van der Waals surface area contributed by atoms with Crippen LogP contribution in [0.3, 0.4) is 0 Å². The fourth-order valence-corrected chi connectivity index (χ4v) is 5.48. The van der Waals surface area contributed by atoms with Crippen molar-refractivity contribution < 1.29 is 22.6 Å². The van der Waals surface area contributed by atoms with Gasteiger partial charge in [-0.15, -0.1) is 13.2 Å². The minimum atomic E-state index is -4.72. The first-order chi connectivity index (χ1) is 14.9. The molecule has 0 unspecified atom stereocenters. The Morgan fingerprint density at radius 2 is 1.71 bits per heavy atom. The SMILES string of the molecule is O=c1ccc(-c2ccc(OC(F)(F)F)cc2)c2n1C[C@H]1C[C@@H]2CN(C2CCOCC2)C1. The van der Waals surface area contributed by atoms with Gasteiger partial charge in [0.05, 0.1) is 0 Å². The van der Waals surface area contributed by atoms with E-state index in [1.807, 2.05) is 10.6 Å². The van der Waals surface area contributed by atoms with Crippen LogP contribution >= 0.6 is 0 Å². The van der Waals surface area contributed by atoms with Crippen LogP contribution in [0.25, 0.3) is 11.1 Å². The number of nitrogens with zero attached hydrogens (tertiary/aromatic N) is 2. The number of halogens is 3. The summed E-state index contributed by atoms with van der Waals surface area (Å²) in [5, 5.41) is 0. The van der Waals surface area contributed by atoms with Crippen LogP contribution in [0.5, 0.6) is 5.75 Å². The standard InChI is InChI=1S/C23H25F3N2O3/c24-23(25,26)31-19-3-1-16(2-4-19)20-5-6-21(29)28-13-15-11-17(22(20)28)14-27(12-15)18-7-9-30-10-8-18/h1-6,15,17-18H,7-14H2/t15-,17+/m0/s1. The maximum absolute atomic E-state index is 12.7. The lowest BCUT2D eigenvalue weighted by molar-refractivity contribution is -0.274. The lowest BCUT2D eigenvalue weighted by Gasteiger charge is -2.47. The summed E-state index contributed by atoms with van der Waals surface area (Å²) < 4.78 is 48.9. The molecule has 166 valence electrons. The number of pyridine rings is 1. The first kappa shape index (κ1) is 20.6. The van der Waals surface area contributed by atoms with Crippen molar-refractivity contribution in [3.8, 4) is 16.9 Å². The third-order valence-corrected chi connectivity index (χ3v) is 6.72. The highest BCUT2D eigenvalue weighted by molar-refractivity contribution is 5.67. The topological polar surface area (TPSA) is 43.7 Å². The maximum Gasteiger partial charge on any atom is 0.573 e. The number of fused-ring (bicyclic) bond motifs is 4. The van der Waals surface area contributed by atoms with Gasteiger partial charge in [0, 0.05) is 62.1 Å². The summed E-state index contributed by atoms with van der Waals surface area (Å²) in [4.78, 5) is 15.2. The molecule has 2 saturated heterocycles. The molecule has 3 aliphatic heterocycles. The average Bonchev–Trinajstić information content (AvgIpc) is 2.74. The Hall–Kier alpha value is -2.32. The van der Waals surface area contributed by atoms with Crippen molar-refractivity contribution in [1.82, 2.24) is 9.47 Å². The summed E-state index contributed by atoms with van der Waals surface area (Å²) in [5.41, 5.74) is 2.70. The molecule has 8 heteroatoms. The number of piperidine rings is 1. The number of hydrogen-bond donors (Lipinski definition) is 0. The molecule has 0 saturated carbocycles. The molecule has 0 aliphatic carbocycles. The summed E-state index contributed by atoms with van der Waals surface area (Å²) in [6.45, 7) is 4.18. The Labute approximate surface area is 178 Å². The molecule has 0 N–H and O–H groups in total. The molecule has 4 heterocycles. The Morgan fingerprint density at radius 1 is 0.968 bits per heavy atom. The quantitative estimate of drug-likeness (QED) is 0.732. The Morgan fingerprint density at radius 3 is 2.42 bits per heavy atom. The highest BCUT2D eigenvalue weighted by Crippen LogP contribution is 2.41. The first-order valence-electron chi connectivity index (χ1n) is 10.8. The largest absolute Gasteiger partial charge is 0.573 e. The zero-order valence-electron chi connectivity index (χ0n) is 17.1. The van der Waals surface area contributed by atoms with Gasteiger partial charge in [0.2, 0.25) is 0 Å². The molecule has 1 aromatic heterocycles. The fourth-order valence-electron chi connectivity index (χ4n) is 5.48. The molecule has 2 atom stereocenters. The van der Waals surface area contributed by atoms with Crippen LogP contribution in [0.2, 0.25) is 0 Å². The smallest absolute Gasteiger partial charge is 0.406 e. The van der Waals surface area contributed by atoms with Gasteiger partial charge in [-0.25, -0.2) is 0 Å². The Bertz CT molecular complexity index is 997. The summed E-state index contributed by atoms with van der Waals surface area (Å²) in [7, 11) is 0. The van der Waals surface area contributed by atoms with E-state index in [9.17, 15) is 18.0 Å².